The highest BCUT2D eigenvalue weighted by atomic mass is 19.1. The molecule has 2 N–H and O–H groups in total. The van der Waals surface area contributed by atoms with Crippen molar-refractivity contribution >= 4 is 0 Å². The van der Waals surface area contributed by atoms with Crippen LogP contribution in [0.15, 0.2) is 18.2 Å². The lowest BCUT2D eigenvalue weighted by molar-refractivity contribution is 0.0447. The molecule has 0 amide bonds. The Hall–Kier alpha value is -0.930. The molecule has 1 aromatic carbocycles. The van der Waals surface area contributed by atoms with Gasteiger partial charge in [0.05, 0.1) is 6.61 Å². The predicted octanol–water partition coefficient (Wildman–Crippen LogP) is 2.56. The molecule has 0 radical (unpaired) electrons. The SMILES string of the molecule is Cc1cc(F)cc(C(N)C2CCCOC2)c1. The highest BCUT2D eigenvalue weighted by molar-refractivity contribution is 5.26. The van der Waals surface area contributed by atoms with Crippen molar-refractivity contribution in [3.8, 4) is 0 Å². The summed E-state index contributed by atoms with van der Waals surface area (Å²) in [5.74, 6) is 0.108. The first kappa shape index (κ1) is 11.6. The van der Waals surface area contributed by atoms with Crippen LogP contribution in [0.1, 0.15) is 30.0 Å². The Balaban J connectivity index is 2.15. The number of hydrogen-bond acceptors (Lipinski definition) is 2. The van der Waals surface area contributed by atoms with Gasteiger partial charge in [0.25, 0.3) is 0 Å². The van der Waals surface area contributed by atoms with Gasteiger partial charge in [0.1, 0.15) is 5.82 Å². The van der Waals surface area contributed by atoms with E-state index >= 15 is 0 Å². The summed E-state index contributed by atoms with van der Waals surface area (Å²) in [7, 11) is 0. The van der Waals surface area contributed by atoms with Crippen molar-refractivity contribution in [1.29, 1.82) is 0 Å². The quantitative estimate of drug-likeness (QED) is 0.836. The molecule has 0 saturated carbocycles. The largest absolute Gasteiger partial charge is 0.381 e. The molecule has 1 aliphatic heterocycles. The van der Waals surface area contributed by atoms with Crippen molar-refractivity contribution in [2.75, 3.05) is 13.2 Å². The third kappa shape index (κ3) is 2.60. The van der Waals surface area contributed by atoms with Crippen LogP contribution >= 0.6 is 0 Å². The van der Waals surface area contributed by atoms with E-state index in [9.17, 15) is 4.39 Å². The van der Waals surface area contributed by atoms with E-state index in [-0.39, 0.29) is 11.9 Å². The van der Waals surface area contributed by atoms with Crippen LogP contribution in [0, 0.1) is 18.7 Å². The van der Waals surface area contributed by atoms with Gasteiger partial charge in [0.2, 0.25) is 0 Å². The fraction of sp³-hybridized carbons (Fsp3) is 0.538. The maximum absolute atomic E-state index is 13.3. The van der Waals surface area contributed by atoms with Gasteiger partial charge in [-0.1, -0.05) is 6.07 Å². The Bertz CT molecular complexity index is 341. The molecule has 1 heterocycles. The minimum atomic E-state index is -0.206. The second-order valence-electron chi connectivity index (χ2n) is 4.56. The maximum atomic E-state index is 13.3. The molecular formula is C13H18FNO. The van der Waals surface area contributed by atoms with Crippen LogP contribution < -0.4 is 5.73 Å². The average Bonchev–Trinajstić information content (AvgIpc) is 2.28. The molecule has 2 unspecified atom stereocenters. The van der Waals surface area contributed by atoms with Crippen LogP contribution in [0.4, 0.5) is 4.39 Å². The molecule has 1 fully saturated rings. The topological polar surface area (TPSA) is 35.2 Å². The van der Waals surface area contributed by atoms with Gasteiger partial charge in [0, 0.05) is 18.6 Å². The van der Waals surface area contributed by atoms with Crippen molar-refractivity contribution in [2.24, 2.45) is 11.7 Å². The van der Waals surface area contributed by atoms with Gasteiger partial charge in [-0.3, -0.25) is 0 Å². The summed E-state index contributed by atoms with van der Waals surface area (Å²) in [6.45, 7) is 3.40. The highest BCUT2D eigenvalue weighted by Gasteiger charge is 2.22. The molecule has 1 saturated heterocycles. The van der Waals surface area contributed by atoms with Gasteiger partial charge >= 0.3 is 0 Å². The smallest absolute Gasteiger partial charge is 0.123 e. The van der Waals surface area contributed by atoms with E-state index in [0.717, 1.165) is 30.6 Å². The molecule has 0 bridgehead atoms. The molecular weight excluding hydrogens is 205 g/mol. The molecule has 0 spiro atoms. The summed E-state index contributed by atoms with van der Waals surface area (Å²) >= 11 is 0. The summed E-state index contributed by atoms with van der Waals surface area (Å²) in [6, 6.07) is 4.90. The molecule has 16 heavy (non-hydrogen) atoms. The van der Waals surface area contributed by atoms with Crippen LogP contribution in [-0.2, 0) is 4.74 Å². The number of aryl methyl sites for hydroxylation is 1. The minimum Gasteiger partial charge on any atom is -0.381 e. The van der Waals surface area contributed by atoms with Gasteiger partial charge in [-0.15, -0.1) is 0 Å². The molecule has 3 heteroatoms. The van der Waals surface area contributed by atoms with Crippen LogP contribution in [0.5, 0.6) is 0 Å². The van der Waals surface area contributed by atoms with E-state index < -0.39 is 0 Å². The van der Waals surface area contributed by atoms with Crippen molar-refractivity contribution in [1.82, 2.24) is 0 Å². The minimum absolute atomic E-state index is 0.116. The van der Waals surface area contributed by atoms with Crippen LogP contribution in [0.2, 0.25) is 0 Å². The fourth-order valence-corrected chi connectivity index (χ4v) is 2.28. The number of benzene rings is 1. The van der Waals surface area contributed by atoms with Crippen LogP contribution in [-0.4, -0.2) is 13.2 Å². The van der Waals surface area contributed by atoms with Crippen LogP contribution in [0.3, 0.4) is 0 Å². The summed E-state index contributed by atoms with van der Waals surface area (Å²) in [6.07, 6.45) is 2.11. The first-order valence-electron chi connectivity index (χ1n) is 5.77. The Morgan fingerprint density at radius 3 is 2.88 bits per heavy atom. The Morgan fingerprint density at radius 1 is 1.44 bits per heavy atom. The Labute approximate surface area is 95.6 Å². The summed E-state index contributed by atoms with van der Waals surface area (Å²) in [5.41, 5.74) is 7.96. The zero-order valence-corrected chi connectivity index (χ0v) is 9.58. The highest BCUT2D eigenvalue weighted by Crippen LogP contribution is 2.27. The monoisotopic (exact) mass is 223 g/mol. The van der Waals surface area contributed by atoms with Crippen molar-refractivity contribution in [3.63, 3.8) is 0 Å². The van der Waals surface area contributed by atoms with E-state index in [1.165, 1.54) is 12.1 Å². The lowest BCUT2D eigenvalue weighted by atomic mass is 9.89. The Morgan fingerprint density at radius 2 is 2.25 bits per heavy atom. The fourth-order valence-electron chi connectivity index (χ4n) is 2.28. The first-order chi connectivity index (χ1) is 7.66. The predicted molar refractivity (Wildman–Crippen MR) is 61.6 cm³/mol. The lowest BCUT2D eigenvalue weighted by Gasteiger charge is -2.28. The molecule has 88 valence electrons. The normalized spacial score (nSPS) is 23.1. The van der Waals surface area contributed by atoms with E-state index in [0.29, 0.717) is 12.5 Å². The van der Waals surface area contributed by atoms with Gasteiger partial charge in [-0.05, 0) is 43.0 Å². The van der Waals surface area contributed by atoms with Crippen molar-refractivity contribution < 1.29 is 9.13 Å². The van der Waals surface area contributed by atoms with E-state index in [2.05, 4.69) is 0 Å². The second-order valence-corrected chi connectivity index (χ2v) is 4.56. The van der Waals surface area contributed by atoms with E-state index in [1.54, 1.807) is 0 Å². The van der Waals surface area contributed by atoms with Crippen molar-refractivity contribution in [3.05, 3.63) is 35.1 Å². The summed E-state index contributed by atoms with van der Waals surface area (Å²) in [4.78, 5) is 0. The average molecular weight is 223 g/mol. The van der Waals surface area contributed by atoms with Gasteiger partial charge < -0.3 is 10.5 Å². The van der Waals surface area contributed by atoms with Gasteiger partial charge in [-0.25, -0.2) is 4.39 Å². The lowest BCUT2D eigenvalue weighted by Crippen LogP contribution is -2.29. The molecule has 2 rings (SSSR count). The number of halogens is 1. The zero-order valence-electron chi connectivity index (χ0n) is 9.58. The zero-order chi connectivity index (χ0) is 11.5. The molecule has 0 aromatic heterocycles. The first-order valence-corrected chi connectivity index (χ1v) is 5.77. The molecule has 1 aromatic rings. The number of rotatable bonds is 2. The second kappa shape index (κ2) is 4.93. The molecule has 2 atom stereocenters. The number of ether oxygens (including phenoxy) is 1. The number of nitrogens with two attached hydrogens (primary N) is 1. The van der Waals surface area contributed by atoms with Crippen molar-refractivity contribution in [2.45, 2.75) is 25.8 Å². The molecule has 0 aliphatic carbocycles. The molecule has 2 nitrogen and oxygen atoms in total. The summed E-state index contributed by atoms with van der Waals surface area (Å²) < 4.78 is 18.7. The third-order valence-corrected chi connectivity index (χ3v) is 3.15. The van der Waals surface area contributed by atoms with E-state index in [1.807, 2.05) is 13.0 Å². The number of hydrogen-bond donors (Lipinski definition) is 1. The maximum Gasteiger partial charge on any atom is 0.123 e. The van der Waals surface area contributed by atoms with Gasteiger partial charge in [-0.2, -0.15) is 0 Å². The third-order valence-electron chi connectivity index (χ3n) is 3.15. The van der Waals surface area contributed by atoms with Gasteiger partial charge in [0.15, 0.2) is 0 Å². The van der Waals surface area contributed by atoms with Crippen LogP contribution in [0.25, 0.3) is 0 Å². The van der Waals surface area contributed by atoms with E-state index in [4.69, 9.17) is 10.5 Å². The standard InChI is InChI=1S/C13H18FNO/c1-9-5-11(7-12(14)6-9)13(15)10-3-2-4-16-8-10/h5-7,10,13H,2-4,8,15H2,1H3. The molecule has 1 aliphatic rings. The Kier molecular flexibility index (Phi) is 3.56. The summed E-state index contributed by atoms with van der Waals surface area (Å²) in [5, 5.41) is 0.